The van der Waals surface area contributed by atoms with E-state index >= 15 is 0 Å². The van der Waals surface area contributed by atoms with Crippen molar-refractivity contribution in [3.8, 4) is 11.8 Å². The van der Waals surface area contributed by atoms with Crippen LogP contribution in [0.2, 0.25) is 0 Å². The Labute approximate surface area is 127 Å². The second kappa shape index (κ2) is 9.11. The number of ether oxygens (including phenoxy) is 1. The van der Waals surface area contributed by atoms with Crippen LogP contribution in [0.3, 0.4) is 0 Å². The molecule has 0 amide bonds. The van der Waals surface area contributed by atoms with Crippen molar-refractivity contribution < 1.29 is 4.74 Å². The molecule has 1 aromatic carbocycles. The molecule has 0 aliphatic heterocycles. The van der Waals surface area contributed by atoms with Crippen LogP contribution in [0, 0.1) is 0 Å². The van der Waals surface area contributed by atoms with Gasteiger partial charge in [0.05, 0.1) is 0 Å². The van der Waals surface area contributed by atoms with Gasteiger partial charge < -0.3 is 4.74 Å². The summed E-state index contributed by atoms with van der Waals surface area (Å²) in [5, 5.41) is 0. The zero-order valence-electron chi connectivity index (χ0n) is 12.8. The average molecular weight is 284 g/mol. The maximum atomic E-state index is 5.58. The second-order valence-corrected chi connectivity index (χ2v) is 5.31. The van der Waals surface area contributed by atoms with E-state index in [4.69, 9.17) is 4.74 Å². The van der Waals surface area contributed by atoms with Crippen LogP contribution in [-0.2, 0) is 6.42 Å². The number of aromatic nitrogens is 2. The van der Waals surface area contributed by atoms with Gasteiger partial charge in [0.1, 0.15) is 5.75 Å². The summed E-state index contributed by atoms with van der Waals surface area (Å²) in [6, 6.07) is 10.0. The maximum absolute atomic E-state index is 5.58. The van der Waals surface area contributed by atoms with E-state index in [1.54, 1.807) is 0 Å². The minimum absolute atomic E-state index is 0.410. The lowest BCUT2D eigenvalue weighted by molar-refractivity contribution is 0.441. The minimum atomic E-state index is 0.410. The molecule has 0 saturated heterocycles. The standard InChI is InChI=1S/C18H24N2O/c1-2-3-4-5-6-8-11-16-14-19-18(20-15-16)21-17-12-9-7-10-13-17/h7,9-10,12-15H,2-6,8,11H2,1H3. The molecule has 0 unspecified atom stereocenters. The van der Waals surface area contributed by atoms with Crippen LogP contribution in [0.1, 0.15) is 51.0 Å². The first-order valence-corrected chi connectivity index (χ1v) is 7.92. The molecule has 0 aliphatic carbocycles. The molecule has 0 radical (unpaired) electrons. The molecule has 2 aromatic rings. The van der Waals surface area contributed by atoms with Crippen molar-refractivity contribution in [2.45, 2.75) is 51.9 Å². The predicted octanol–water partition coefficient (Wildman–Crippen LogP) is 5.17. The maximum Gasteiger partial charge on any atom is 0.321 e. The van der Waals surface area contributed by atoms with E-state index in [-0.39, 0.29) is 0 Å². The van der Waals surface area contributed by atoms with Crippen molar-refractivity contribution in [2.75, 3.05) is 0 Å². The van der Waals surface area contributed by atoms with Gasteiger partial charge in [-0.25, -0.2) is 9.97 Å². The lowest BCUT2D eigenvalue weighted by Crippen LogP contribution is -1.94. The van der Waals surface area contributed by atoms with Crippen LogP contribution in [0.25, 0.3) is 0 Å². The summed E-state index contributed by atoms with van der Waals surface area (Å²) in [6.07, 6.45) is 12.7. The summed E-state index contributed by atoms with van der Waals surface area (Å²) in [5.74, 6) is 0.765. The summed E-state index contributed by atoms with van der Waals surface area (Å²) in [5.41, 5.74) is 1.19. The number of hydrogen-bond acceptors (Lipinski definition) is 3. The summed E-state index contributed by atoms with van der Waals surface area (Å²) >= 11 is 0. The third-order valence-corrected chi connectivity index (χ3v) is 3.45. The Hall–Kier alpha value is -1.90. The third kappa shape index (κ3) is 5.94. The Morgan fingerprint density at radius 3 is 2.24 bits per heavy atom. The fourth-order valence-corrected chi connectivity index (χ4v) is 2.23. The smallest absolute Gasteiger partial charge is 0.321 e. The van der Waals surface area contributed by atoms with Crippen LogP contribution in [0.15, 0.2) is 42.7 Å². The van der Waals surface area contributed by atoms with Crippen LogP contribution in [0.4, 0.5) is 0 Å². The molecular weight excluding hydrogens is 260 g/mol. The molecule has 1 aromatic heterocycles. The first-order valence-electron chi connectivity index (χ1n) is 7.92. The molecule has 2 rings (SSSR count). The van der Waals surface area contributed by atoms with E-state index in [0.717, 1.165) is 12.2 Å². The van der Waals surface area contributed by atoms with E-state index in [2.05, 4.69) is 16.9 Å². The van der Waals surface area contributed by atoms with E-state index in [0.29, 0.717) is 6.01 Å². The number of aryl methyl sites for hydroxylation is 1. The lowest BCUT2D eigenvalue weighted by atomic mass is 10.1. The topological polar surface area (TPSA) is 35.0 Å². The highest BCUT2D eigenvalue weighted by molar-refractivity contribution is 5.24. The largest absolute Gasteiger partial charge is 0.424 e. The van der Waals surface area contributed by atoms with Gasteiger partial charge in [-0.05, 0) is 30.5 Å². The Kier molecular flexibility index (Phi) is 6.72. The van der Waals surface area contributed by atoms with Gasteiger partial charge in [0.25, 0.3) is 0 Å². The first kappa shape index (κ1) is 15.5. The normalized spacial score (nSPS) is 10.5. The molecule has 0 bridgehead atoms. The predicted molar refractivity (Wildman–Crippen MR) is 85.6 cm³/mol. The van der Waals surface area contributed by atoms with Gasteiger partial charge in [-0.3, -0.25) is 0 Å². The second-order valence-electron chi connectivity index (χ2n) is 5.31. The van der Waals surface area contributed by atoms with Crippen molar-refractivity contribution in [3.63, 3.8) is 0 Å². The summed E-state index contributed by atoms with van der Waals surface area (Å²) in [6.45, 7) is 2.25. The minimum Gasteiger partial charge on any atom is -0.424 e. The van der Waals surface area contributed by atoms with Gasteiger partial charge in [-0.1, -0.05) is 57.2 Å². The highest BCUT2D eigenvalue weighted by Gasteiger charge is 2.00. The van der Waals surface area contributed by atoms with Gasteiger partial charge in [0.15, 0.2) is 0 Å². The molecule has 3 nitrogen and oxygen atoms in total. The van der Waals surface area contributed by atoms with Crippen molar-refractivity contribution in [1.82, 2.24) is 9.97 Å². The fourth-order valence-electron chi connectivity index (χ4n) is 2.23. The van der Waals surface area contributed by atoms with Crippen molar-refractivity contribution in [2.24, 2.45) is 0 Å². The Bertz CT molecular complexity index is 496. The number of hydrogen-bond donors (Lipinski definition) is 0. The summed E-state index contributed by atoms with van der Waals surface area (Å²) in [7, 11) is 0. The van der Waals surface area contributed by atoms with Crippen molar-refractivity contribution >= 4 is 0 Å². The van der Waals surface area contributed by atoms with Crippen molar-refractivity contribution in [1.29, 1.82) is 0 Å². The Morgan fingerprint density at radius 1 is 0.857 bits per heavy atom. The van der Waals surface area contributed by atoms with E-state index < -0.39 is 0 Å². The van der Waals surface area contributed by atoms with Crippen LogP contribution in [-0.4, -0.2) is 9.97 Å². The van der Waals surface area contributed by atoms with Crippen molar-refractivity contribution in [3.05, 3.63) is 48.3 Å². The molecule has 0 saturated carbocycles. The van der Waals surface area contributed by atoms with Gasteiger partial charge >= 0.3 is 6.01 Å². The number of rotatable bonds is 9. The summed E-state index contributed by atoms with van der Waals surface area (Å²) < 4.78 is 5.58. The Balaban J connectivity index is 1.72. The summed E-state index contributed by atoms with van der Waals surface area (Å²) in [4.78, 5) is 8.54. The van der Waals surface area contributed by atoms with Crippen LogP contribution < -0.4 is 4.74 Å². The highest BCUT2D eigenvalue weighted by Crippen LogP contribution is 2.16. The van der Waals surface area contributed by atoms with Gasteiger partial charge in [-0.15, -0.1) is 0 Å². The molecule has 0 aliphatic rings. The Morgan fingerprint density at radius 2 is 1.52 bits per heavy atom. The van der Waals surface area contributed by atoms with Crippen LogP contribution in [0.5, 0.6) is 11.8 Å². The SMILES string of the molecule is CCCCCCCCc1cnc(Oc2ccccc2)nc1. The van der Waals surface area contributed by atoms with E-state index in [1.807, 2.05) is 42.7 Å². The number of benzene rings is 1. The van der Waals surface area contributed by atoms with Gasteiger partial charge in [-0.2, -0.15) is 0 Å². The molecule has 1 heterocycles. The molecular formula is C18H24N2O. The molecule has 0 atom stereocenters. The average Bonchev–Trinajstić information content (AvgIpc) is 2.53. The number of nitrogens with zero attached hydrogens (tertiary/aromatic N) is 2. The molecule has 0 N–H and O–H groups in total. The number of unbranched alkanes of at least 4 members (excludes halogenated alkanes) is 5. The molecule has 112 valence electrons. The molecule has 0 fully saturated rings. The number of para-hydroxylation sites is 1. The zero-order chi connectivity index (χ0) is 14.8. The molecule has 21 heavy (non-hydrogen) atoms. The van der Waals surface area contributed by atoms with Crippen LogP contribution >= 0.6 is 0 Å². The van der Waals surface area contributed by atoms with Gasteiger partial charge in [0, 0.05) is 12.4 Å². The first-order chi connectivity index (χ1) is 10.4. The monoisotopic (exact) mass is 284 g/mol. The third-order valence-electron chi connectivity index (χ3n) is 3.45. The lowest BCUT2D eigenvalue weighted by Gasteiger charge is -2.04. The fraction of sp³-hybridized carbons (Fsp3) is 0.444. The highest BCUT2D eigenvalue weighted by atomic mass is 16.5. The van der Waals surface area contributed by atoms with E-state index in [9.17, 15) is 0 Å². The molecule has 0 spiro atoms. The quantitative estimate of drug-likeness (QED) is 0.596. The van der Waals surface area contributed by atoms with E-state index in [1.165, 1.54) is 44.1 Å². The molecule has 3 heteroatoms. The zero-order valence-corrected chi connectivity index (χ0v) is 12.8. The van der Waals surface area contributed by atoms with Gasteiger partial charge in [0.2, 0.25) is 0 Å².